The third-order valence-electron chi connectivity index (χ3n) is 3.56. The zero-order chi connectivity index (χ0) is 11.9. The summed E-state index contributed by atoms with van der Waals surface area (Å²) >= 11 is 0. The Morgan fingerprint density at radius 2 is 1.69 bits per heavy atom. The van der Waals surface area contributed by atoms with Crippen LogP contribution in [0, 0.1) is 0 Å². The molecule has 0 heteroatoms. The molecule has 0 heterocycles. The quantitative estimate of drug-likeness (QED) is 0.653. The van der Waals surface area contributed by atoms with Gasteiger partial charge >= 0.3 is 0 Å². The average molecular weight is 216 g/mol. The van der Waals surface area contributed by atoms with E-state index in [-0.39, 0.29) is 5.41 Å². The normalized spacial score (nSPS) is 16.9. The Labute approximate surface area is 100 Å². The molecule has 1 aromatic carbocycles. The molecule has 0 aromatic heterocycles. The Morgan fingerprint density at radius 3 is 2.12 bits per heavy atom. The predicted octanol–water partition coefficient (Wildman–Crippen LogP) is 4.98. The highest BCUT2D eigenvalue weighted by Crippen LogP contribution is 2.42. The molecule has 0 spiro atoms. The van der Waals surface area contributed by atoms with Crippen LogP contribution in [0.3, 0.4) is 0 Å². The minimum absolute atomic E-state index is 0.272. The van der Waals surface area contributed by atoms with Crippen LogP contribution in [0.5, 0.6) is 0 Å². The maximum atomic E-state index is 2.43. The fourth-order valence-corrected chi connectivity index (χ4v) is 2.10. The number of hydrogen-bond donors (Lipinski definition) is 0. The Balaban J connectivity index is 2.44. The molecule has 1 aromatic rings. The first-order valence-electron chi connectivity index (χ1n) is 6.53. The summed E-state index contributed by atoms with van der Waals surface area (Å²) in [5.74, 6) is 1.50. The molecule has 0 nitrogen and oxygen atoms in total. The van der Waals surface area contributed by atoms with Gasteiger partial charge in [0.05, 0.1) is 0 Å². The molecule has 0 bridgehead atoms. The molecule has 0 amide bonds. The smallest absolute Gasteiger partial charge is 0.0132 e. The lowest BCUT2D eigenvalue weighted by Gasteiger charge is -2.22. The van der Waals surface area contributed by atoms with E-state index in [2.05, 4.69) is 52.8 Å². The van der Waals surface area contributed by atoms with Gasteiger partial charge in [0.1, 0.15) is 0 Å². The molecule has 1 aliphatic rings. The zero-order valence-electron chi connectivity index (χ0n) is 11.3. The summed E-state index contributed by atoms with van der Waals surface area (Å²) in [4.78, 5) is 0. The van der Waals surface area contributed by atoms with Crippen molar-refractivity contribution < 1.29 is 0 Å². The van der Waals surface area contributed by atoms with E-state index in [0.29, 0.717) is 5.92 Å². The lowest BCUT2D eigenvalue weighted by Crippen LogP contribution is -2.12. The summed E-state index contributed by atoms with van der Waals surface area (Å²) in [6.45, 7) is 11.5. The molecule has 1 fully saturated rings. The minimum Gasteiger partial charge on any atom is -0.0587 e. The van der Waals surface area contributed by atoms with Gasteiger partial charge in [0, 0.05) is 0 Å². The second-order valence-electron chi connectivity index (χ2n) is 6.57. The van der Waals surface area contributed by atoms with Gasteiger partial charge in [-0.2, -0.15) is 0 Å². The van der Waals surface area contributed by atoms with Gasteiger partial charge < -0.3 is 0 Å². The van der Waals surface area contributed by atoms with Gasteiger partial charge in [-0.3, -0.25) is 0 Å². The summed E-state index contributed by atoms with van der Waals surface area (Å²) in [7, 11) is 0. The Kier molecular flexibility index (Phi) is 2.86. The van der Waals surface area contributed by atoms with Gasteiger partial charge in [-0.05, 0) is 46.8 Å². The number of benzene rings is 1. The van der Waals surface area contributed by atoms with Crippen LogP contribution in [0.1, 0.15) is 76.0 Å². The molecule has 0 aliphatic heterocycles. The summed E-state index contributed by atoms with van der Waals surface area (Å²) in [5.41, 5.74) is 4.86. The van der Waals surface area contributed by atoms with Crippen LogP contribution in [-0.4, -0.2) is 0 Å². The molecule has 1 saturated carbocycles. The van der Waals surface area contributed by atoms with E-state index in [1.807, 2.05) is 0 Å². The van der Waals surface area contributed by atoms with Crippen LogP contribution in [0.2, 0.25) is 0 Å². The second kappa shape index (κ2) is 3.91. The van der Waals surface area contributed by atoms with Crippen molar-refractivity contribution in [1.82, 2.24) is 0 Å². The zero-order valence-corrected chi connectivity index (χ0v) is 11.3. The van der Waals surface area contributed by atoms with E-state index in [9.17, 15) is 0 Å². The lowest BCUT2D eigenvalue weighted by atomic mass is 9.83. The van der Waals surface area contributed by atoms with Gasteiger partial charge in [0.25, 0.3) is 0 Å². The minimum atomic E-state index is 0.272. The van der Waals surface area contributed by atoms with Crippen molar-refractivity contribution in [2.75, 3.05) is 0 Å². The van der Waals surface area contributed by atoms with Gasteiger partial charge in [-0.25, -0.2) is 0 Å². The second-order valence-corrected chi connectivity index (χ2v) is 6.57. The summed E-state index contributed by atoms with van der Waals surface area (Å²) < 4.78 is 0. The van der Waals surface area contributed by atoms with Crippen molar-refractivity contribution in [2.24, 2.45) is 0 Å². The average Bonchev–Trinajstić information content (AvgIpc) is 2.98. The fraction of sp³-hybridized carbons (Fsp3) is 0.625. The molecular formula is C16H24. The van der Waals surface area contributed by atoms with E-state index in [0.717, 1.165) is 5.92 Å². The van der Waals surface area contributed by atoms with Crippen molar-refractivity contribution in [3.63, 3.8) is 0 Å². The maximum Gasteiger partial charge on any atom is -0.0132 e. The molecule has 1 aliphatic carbocycles. The molecule has 0 N–H and O–H groups in total. The van der Waals surface area contributed by atoms with Gasteiger partial charge in [-0.15, -0.1) is 0 Å². The first-order chi connectivity index (χ1) is 7.38. The highest BCUT2D eigenvalue weighted by molar-refractivity contribution is 5.38. The van der Waals surface area contributed by atoms with Gasteiger partial charge in [-0.1, -0.05) is 52.8 Å². The van der Waals surface area contributed by atoms with E-state index >= 15 is 0 Å². The SMILES string of the molecule is CC(C)c1cc(C2CC2)cc(C(C)(C)C)c1. The third kappa shape index (κ3) is 2.48. The van der Waals surface area contributed by atoms with Crippen molar-refractivity contribution in [3.05, 3.63) is 34.9 Å². The van der Waals surface area contributed by atoms with Crippen LogP contribution in [-0.2, 0) is 5.41 Å². The molecule has 0 saturated heterocycles. The number of hydrogen-bond acceptors (Lipinski definition) is 0. The van der Waals surface area contributed by atoms with Crippen molar-refractivity contribution >= 4 is 0 Å². The highest BCUT2D eigenvalue weighted by Gasteiger charge is 2.26. The van der Waals surface area contributed by atoms with E-state index < -0.39 is 0 Å². The Hall–Kier alpha value is -0.780. The lowest BCUT2D eigenvalue weighted by molar-refractivity contribution is 0.587. The van der Waals surface area contributed by atoms with Crippen molar-refractivity contribution in [1.29, 1.82) is 0 Å². The Morgan fingerprint density at radius 1 is 1.06 bits per heavy atom. The highest BCUT2D eigenvalue weighted by atomic mass is 14.3. The fourth-order valence-electron chi connectivity index (χ4n) is 2.10. The molecule has 16 heavy (non-hydrogen) atoms. The maximum absolute atomic E-state index is 2.43. The van der Waals surface area contributed by atoms with Crippen molar-refractivity contribution in [2.45, 2.75) is 64.7 Å². The van der Waals surface area contributed by atoms with E-state index in [1.54, 1.807) is 5.56 Å². The first kappa shape index (κ1) is 11.7. The van der Waals surface area contributed by atoms with Crippen LogP contribution < -0.4 is 0 Å². The summed E-state index contributed by atoms with van der Waals surface area (Å²) in [5, 5.41) is 0. The Bertz CT molecular complexity index is 355. The van der Waals surface area contributed by atoms with Crippen LogP contribution in [0.25, 0.3) is 0 Å². The molecule has 0 atom stereocenters. The largest absolute Gasteiger partial charge is 0.0587 e. The number of rotatable bonds is 2. The molecule has 0 unspecified atom stereocenters. The molecule has 0 radical (unpaired) electrons. The molecule has 2 rings (SSSR count). The monoisotopic (exact) mass is 216 g/mol. The molecular weight excluding hydrogens is 192 g/mol. The summed E-state index contributed by atoms with van der Waals surface area (Å²) in [6.07, 6.45) is 2.79. The third-order valence-corrected chi connectivity index (χ3v) is 3.56. The predicted molar refractivity (Wildman–Crippen MR) is 71.2 cm³/mol. The van der Waals surface area contributed by atoms with Crippen LogP contribution in [0.4, 0.5) is 0 Å². The van der Waals surface area contributed by atoms with E-state index in [4.69, 9.17) is 0 Å². The summed E-state index contributed by atoms with van der Waals surface area (Å²) in [6, 6.07) is 7.26. The van der Waals surface area contributed by atoms with E-state index in [1.165, 1.54) is 24.0 Å². The standard InChI is InChI=1S/C16H24/c1-11(2)13-8-14(12-6-7-12)10-15(9-13)16(3,4)5/h8-12H,6-7H2,1-5H3. The van der Waals surface area contributed by atoms with Crippen LogP contribution >= 0.6 is 0 Å². The van der Waals surface area contributed by atoms with Crippen LogP contribution in [0.15, 0.2) is 18.2 Å². The first-order valence-corrected chi connectivity index (χ1v) is 6.53. The topological polar surface area (TPSA) is 0 Å². The molecule has 88 valence electrons. The van der Waals surface area contributed by atoms with Gasteiger partial charge in [0.2, 0.25) is 0 Å². The van der Waals surface area contributed by atoms with Crippen molar-refractivity contribution in [3.8, 4) is 0 Å². The van der Waals surface area contributed by atoms with Gasteiger partial charge in [0.15, 0.2) is 0 Å².